The second kappa shape index (κ2) is 15.1. The van der Waals surface area contributed by atoms with E-state index in [1.165, 1.54) is 4.90 Å². The standard InChI is InChI=1S/C31H45F6N9/c1-18(2)14-45(15-19(3)4)27-22(12-25(20(5)38)26(40-9)41-27)17-46(28(42-39)43-44-29(6,7)8)16-21-10-23(30(32,33)34)13-24(11-21)31(35,36)37/h10-13,18-19,38H,14-17,39H2,1-9H3,(H,40,41). The molecule has 0 saturated heterocycles. The number of aromatic nitrogens is 1. The summed E-state index contributed by atoms with van der Waals surface area (Å²) in [5.74, 6) is 6.94. The van der Waals surface area contributed by atoms with Crippen LogP contribution in [0.25, 0.3) is 0 Å². The molecule has 256 valence electrons. The van der Waals surface area contributed by atoms with Crippen LogP contribution in [-0.4, -0.2) is 47.2 Å². The first-order valence-corrected chi connectivity index (χ1v) is 14.8. The molecule has 0 aliphatic heterocycles. The number of hydrogen-bond acceptors (Lipinski definition) is 7. The minimum atomic E-state index is -5.03. The number of halogens is 6. The van der Waals surface area contributed by atoms with E-state index in [2.05, 4.69) is 25.5 Å². The summed E-state index contributed by atoms with van der Waals surface area (Å²) in [6.45, 7) is 15.6. The van der Waals surface area contributed by atoms with E-state index in [1.54, 1.807) is 40.8 Å². The zero-order valence-electron chi connectivity index (χ0n) is 27.8. The minimum Gasteiger partial charge on any atom is -0.373 e. The maximum atomic E-state index is 13.7. The van der Waals surface area contributed by atoms with Crippen LogP contribution in [-0.2, 0) is 25.4 Å². The molecule has 1 heterocycles. The van der Waals surface area contributed by atoms with Crippen molar-refractivity contribution in [3.63, 3.8) is 0 Å². The summed E-state index contributed by atoms with van der Waals surface area (Å²) in [6, 6.07) is 3.15. The second-order valence-corrected chi connectivity index (χ2v) is 13.0. The largest absolute Gasteiger partial charge is 0.416 e. The predicted octanol–water partition coefficient (Wildman–Crippen LogP) is 8.15. The number of alkyl halides is 6. The van der Waals surface area contributed by atoms with Gasteiger partial charge >= 0.3 is 12.4 Å². The molecular weight excluding hydrogens is 612 g/mol. The van der Waals surface area contributed by atoms with Crippen molar-refractivity contribution >= 4 is 23.3 Å². The van der Waals surface area contributed by atoms with Gasteiger partial charge in [-0.2, -0.15) is 31.5 Å². The van der Waals surface area contributed by atoms with E-state index in [-0.39, 0.29) is 41.7 Å². The van der Waals surface area contributed by atoms with E-state index in [1.807, 2.05) is 27.7 Å². The summed E-state index contributed by atoms with van der Waals surface area (Å²) in [4.78, 5) is 8.30. The zero-order chi connectivity index (χ0) is 35.2. The molecule has 0 aliphatic rings. The Kier molecular flexibility index (Phi) is 12.6. The molecule has 0 aliphatic carbocycles. The molecule has 46 heavy (non-hydrogen) atoms. The van der Waals surface area contributed by atoms with Gasteiger partial charge in [0.1, 0.15) is 11.6 Å². The van der Waals surface area contributed by atoms with Gasteiger partial charge in [0.2, 0.25) is 0 Å². The highest BCUT2D eigenvalue weighted by Gasteiger charge is 2.37. The Bertz CT molecular complexity index is 1360. The maximum Gasteiger partial charge on any atom is 0.416 e. The number of nitrogens with two attached hydrogens (primary N) is 1. The van der Waals surface area contributed by atoms with Crippen LogP contribution in [0.15, 0.2) is 39.6 Å². The number of hydrogen-bond donors (Lipinski definition) is 3. The highest BCUT2D eigenvalue weighted by Crippen LogP contribution is 2.37. The van der Waals surface area contributed by atoms with Crippen LogP contribution < -0.4 is 16.1 Å². The fraction of sp³-hybridized carbons (Fsp3) is 0.581. The van der Waals surface area contributed by atoms with Crippen molar-refractivity contribution in [2.24, 2.45) is 33.0 Å². The van der Waals surface area contributed by atoms with Gasteiger partial charge in [0.25, 0.3) is 5.96 Å². The van der Waals surface area contributed by atoms with Gasteiger partial charge in [0.15, 0.2) is 0 Å². The summed E-state index contributed by atoms with van der Waals surface area (Å²) >= 11 is 0. The van der Waals surface area contributed by atoms with Gasteiger partial charge in [0.05, 0.1) is 16.7 Å². The molecule has 4 N–H and O–H groups in total. The van der Waals surface area contributed by atoms with Crippen molar-refractivity contribution in [2.45, 2.75) is 86.4 Å². The zero-order valence-corrected chi connectivity index (χ0v) is 27.8. The average molecular weight is 658 g/mol. The molecule has 0 atom stereocenters. The number of nitrogens with one attached hydrogen (secondary N) is 2. The molecule has 9 nitrogen and oxygen atoms in total. The van der Waals surface area contributed by atoms with Gasteiger partial charge in [-0.05, 0) is 69.4 Å². The molecule has 1 aromatic carbocycles. The van der Waals surface area contributed by atoms with Crippen molar-refractivity contribution in [2.75, 3.05) is 30.4 Å². The molecule has 0 unspecified atom stereocenters. The quantitative estimate of drug-likeness (QED) is 0.0563. The fourth-order valence-electron chi connectivity index (χ4n) is 4.64. The van der Waals surface area contributed by atoms with E-state index in [0.717, 1.165) is 0 Å². The molecule has 15 heteroatoms. The molecule has 0 amide bonds. The maximum absolute atomic E-state index is 13.7. The van der Waals surface area contributed by atoms with Crippen LogP contribution in [0.2, 0.25) is 0 Å². The topological polar surface area (TPSA) is 118 Å². The van der Waals surface area contributed by atoms with E-state index >= 15 is 0 Å². The third-order valence-electron chi connectivity index (χ3n) is 6.41. The van der Waals surface area contributed by atoms with Crippen LogP contribution in [0.5, 0.6) is 0 Å². The normalized spacial score (nSPS) is 13.2. The van der Waals surface area contributed by atoms with E-state index < -0.39 is 35.6 Å². The number of anilines is 2. The Hall–Kier alpha value is -3.91. The third kappa shape index (κ3) is 11.2. The van der Waals surface area contributed by atoms with E-state index in [0.29, 0.717) is 48.0 Å². The predicted molar refractivity (Wildman–Crippen MR) is 170 cm³/mol. The number of azo groups is 1. The Morgan fingerprint density at radius 3 is 1.83 bits per heavy atom. The van der Waals surface area contributed by atoms with Gasteiger partial charge in [-0.25, -0.2) is 4.98 Å². The van der Waals surface area contributed by atoms with Crippen molar-refractivity contribution in [3.8, 4) is 0 Å². The smallest absolute Gasteiger partial charge is 0.373 e. The lowest BCUT2D eigenvalue weighted by atomic mass is 10.0. The molecule has 2 aromatic rings. The Morgan fingerprint density at radius 2 is 1.43 bits per heavy atom. The molecule has 0 saturated carbocycles. The number of hydrazone groups is 1. The average Bonchev–Trinajstić information content (AvgIpc) is 2.90. The van der Waals surface area contributed by atoms with Crippen LogP contribution in [0, 0.1) is 17.2 Å². The van der Waals surface area contributed by atoms with Crippen molar-refractivity contribution in [3.05, 3.63) is 52.1 Å². The van der Waals surface area contributed by atoms with Crippen molar-refractivity contribution in [1.29, 1.82) is 5.41 Å². The highest BCUT2D eigenvalue weighted by molar-refractivity contribution is 6.01. The molecule has 0 spiro atoms. The Morgan fingerprint density at radius 1 is 0.913 bits per heavy atom. The fourth-order valence-corrected chi connectivity index (χ4v) is 4.64. The van der Waals surface area contributed by atoms with Gasteiger partial charge in [0, 0.05) is 50.1 Å². The number of benzene rings is 1. The van der Waals surface area contributed by atoms with Crippen LogP contribution in [0.1, 0.15) is 83.2 Å². The number of rotatable bonds is 11. The van der Waals surface area contributed by atoms with Crippen LogP contribution in [0.3, 0.4) is 0 Å². The lowest BCUT2D eigenvalue weighted by molar-refractivity contribution is -0.143. The number of nitrogens with zero attached hydrogens (tertiary/aromatic N) is 6. The summed E-state index contributed by atoms with van der Waals surface area (Å²) in [5, 5.41) is 23.5. The first-order chi connectivity index (χ1) is 21.0. The molecular formula is C31H45F6N9. The molecule has 0 bridgehead atoms. The van der Waals surface area contributed by atoms with Gasteiger partial charge in [-0.3, -0.25) is 0 Å². The molecule has 1 aromatic heterocycles. The SMILES string of the molecule is CNc1nc(N(CC(C)C)CC(C)C)c(CN(Cc2cc(C(F)(F)F)cc(C(F)(F)F)c2)C(N=NC(C)(C)C)=NN)cc1C(C)=N. The molecule has 0 radical (unpaired) electrons. The van der Waals surface area contributed by atoms with Gasteiger partial charge in [-0.15, -0.1) is 10.2 Å². The monoisotopic (exact) mass is 657 g/mol. The van der Waals surface area contributed by atoms with Gasteiger partial charge in [-0.1, -0.05) is 27.7 Å². The summed E-state index contributed by atoms with van der Waals surface area (Å²) < 4.78 is 82.4. The first-order valence-electron chi connectivity index (χ1n) is 14.8. The summed E-state index contributed by atoms with van der Waals surface area (Å²) in [7, 11) is 1.68. The second-order valence-electron chi connectivity index (χ2n) is 13.0. The summed E-state index contributed by atoms with van der Waals surface area (Å²) in [6.07, 6.45) is -10.1. The van der Waals surface area contributed by atoms with Crippen molar-refractivity contribution in [1.82, 2.24) is 9.88 Å². The van der Waals surface area contributed by atoms with Crippen LogP contribution >= 0.6 is 0 Å². The summed E-state index contributed by atoms with van der Waals surface area (Å²) in [5.41, 5.74) is -2.67. The Labute approximate surface area is 266 Å². The minimum absolute atomic E-state index is 0.0818. The van der Waals surface area contributed by atoms with E-state index in [4.69, 9.17) is 16.2 Å². The number of pyridine rings is 1. The molecule has 2 rings (SSSR count). The van der Waals surface area contributed by atoms with Crippen LogP contribution in [0.4, 0.5) is 38.0 Å². The highest BCUT2D eigenvalue weighted by atomic mass is 19.4. The first kappa shape index (κ1) is 38.3. The van der Waals surface area contributed by atoms with E-state index in [9.17, 15) is 26.3 Å². The lowest BCUT2D eigenvalue weighted by Gasteiger charge is -2.32. The molecule has 0 fully saturated rings. The third-order valence-corrected chi connectivity index (χ3v) is 6.41. The van der Waals surface area contributed by atoms with Crippen molar-refractivity contribution < 1.29 is 26.3 Å². The van der Waals surface area contributed by atoms with Gasteiger partial charge < -0.3 is 26.4 Å². The lowest BCUT2D eigenvalue weighted by Crippen LogP contribution is -2.35. The number of guanidine groups is 1. The Balaban J connectivity index is 2.89.